The van der Waals surface area contributed by atoms with Crippen LogP contribution in [-0.2, 0) is 28.5 Å². The minimum Gasteiger partial charge on any atom is -0.348 e. The normalized spacial score (nSPS) is 14.7. The first-order valence-corrected chi connectivity index (χ1v) is 7.77. The Hall–Kier alpha value is -1.68. The predicted octanol–water partition coefficient (Wildman–Crippen LogP) is 3.45. The number of ether oxygens (including phenoxy) is 5. The van der Waals surface area contributed by atoms with Gasteiger partial charge in [0.25, 0.3) is 0 Å². The van der Waals surface area contributed by atoms with E-state index in [9.17, 15) is 61.9 Å². The zero-order chi connectivity index (χ0) is 26.5. The molecular formula is C12H13F13N2O6. The van der Waals surface area contributed by atoms with Gasteiger partial charge in [0.15, 0.2) is 0 Å². The number of carbonyl (C=O) groups excluding carboxylic acids is 1. The van der Waals surface area contributed by atoms with Gasteiger partial charge in [-0.15, -0.1) is 48.3 Å². The first kappa shape index (κ1) is 31.3. The van der Waals surface area contributed by atoms with Gasteiger partial charge in [-0.3, -0.25) is 4.79 Å². The lowest BCUT2D eigenvalue weighted by atomic mass is 10.4. The fraction of sp³-hybridized carbons (Fsp3) is 0.917. The number of hydrogen-bond donors (Lipinski definition) is 1. The van der Waals surface area contributed by atoms with Crippen molar-refractivity contribution in [1.82, 2.24) is 10.2 Å². The van der Waals surface area contributed by atoms with E-state index in [1.54, 1.807) is 18.8 Å². The topological polar surface area (TPSA) is 78.5 Å². The molecule has 0 unspecified atom stereocenters. The Labute approximate surface area is 174 Å². The van der Waals surface area contributed by atoms with Gasteiger partial charge in [0.1, 0.15) is 0 Å². The van der Waals surface area contributed by atoms with Crippen molar-refractivity contribution in [2.75, 3.05) is 27.2 Å². The van der Waals surface area contributed by atoms with Gasteiger partial charge in [0.2, 0.25) is 0 Å². The highest BCUT2D eigenvalue weighted by atomic mass is 19.4. The van der Waals surface area contributed by atoms with Crippen LogP contribution >= 0.6 is 0 Å². The van der Waals surface area contributed by atoms with E-state index >= 15 is 0 Å². The van der Waals surface area contributed by atoms with Crippen LogP contribution in [0, 0.1) is 0 Å². The molecule has 0 saturated heterocycles. The molecule has 0 atom stereocenters. The number of rotatable bonds is 14. The van der Waals surface area contributed by atoms with E-state index in [2.05, 4.69) is 9.47 Å². The SMILES string of the molecule is CN(C)CCCNC(=O)C(F)(F)OC(F)(F)OC(F)(F)OC(F)(F)OC(F)(F)OC(F)(F)F. The lowest BCUT2D eigenvalue weighted by Gasteiger charge is -2.28. The minimum absolute atomic E-state index is 0.00535. The number of nitrogens with zero attached hydrogens (tertiary/aromatic N) is 1. The van der Waals surface area contributed by atoms with E-state index in [1.165, 1.54) is 10.2 Å². The number of alkyl halides is 13. The Kier molecular flexibility index (Phi) is 10.2. The Bertz CT molecular complexity index is 644. The standard InChI is InChI=1S/C12H13F13N2O6/c1-27(2)5-3-4-26-6(28)7(13,14)29-9(18,19)31-11(22,23)33-12(24,25)32-10(20,21)30-8(15,16)17/h3-5H2,1-2H3,(H,26,28). The maximum Gasteiger partial charge on any atom is 0.529 e. The summed E-state index contributed by atoms with van der Waals surface area (Å²) in [6.45, 7) is -0.321. The van der Waals surface area contributed by atoms with Crippen LogP contribution in [0.2, 0.25) is 0 Å². The highest BCUT2D eigenvalue weighted by molar-refractivity contribution is 5.81. The molecule has 0 bridgehead atoms. The number of amides is 1. The number of carbonyl (C=O) groups is 1. The zero-order valence-electron chi connectivity index (χ0n) is 15.9. The maximum absolute atomic E-state index is 13.3. The van der Waals surface area contributed by atoms with Crippen molar-refractivity contribution in [3.63, 3.8) is 0 Å². The van der Waals surface area contributed by atoms with Crippen molar-refractivity contribution in [3.8, 4) is 0 Å². The largest absolute Gasteiger partial charge is 0.529 e. The van der Waals surface area contributed by atoms with E-state index in [0.717, 1.165) is 0 Å². The van der Waals surface area contributed by atoms with Crippen LogP contribution < -0.4 is 5.32 Å². The van der Waals surface area contributed by atoms with E-state index in [-0.39, 0.29) is 13.0 Å². The summed E-state index contributed by atoms with van der Waals surface area (Å²) in [7, 11) is 3.08. The summed E-state index contributed by atoms with van der Waals surface area (Å²) < 4.78 is 174. The van der Waals surface area contributed by atoms with Gasteiger partial charge >= 0.3 is 43.6 Å². The van der Waals surface area contributed by atoms with Crippen molar-refractivity contribution < 1.29 is 85.6 Å². The highest BCUT2D eigenvalue weighted by Gasteiger charge is 2.62. The second kappa shape index (κ2) is 10.7. The Morgan fingerprint density at radius 1 is 0.667 bits per heavy atom. The summed E-state index contributed by atoms with van der Waals surface area (Å²) in [4.78, 5) is 12.6. The molecule has 8 nitrogen and oxygen atoms in total. The van der Waals surface area contributed by atoms with Crippen LogP contribution in [0.3, 0.4) is 0 Å². The third kappa shape index (κ3) is 14.2. The molecule has 0 fully saturated rings. The first-order valence-electron chi connectivity index (χ1n) is 7.77. The summed E-state index contributed by atoms with van der Waals surface area (Å²) >= 11 is 0. The number of halogens is 13. The average molecular weight is 528 g/mol. The van der Waals surface area contributed by atoms with Crippen molar-refractivity contribution in [1.29, 1.82) is 0 Å². The average Bonchev–Trinajstić information content (AvgIpc) is 2.42. The quantitative estimate of drug-likeness (QED) is 0.210. The third-order valence-electron chi connectivity index (χ3n) is 2.53. The lowest BCUT2D eigenvalue weighted by molar-refractivity contribution is -0.623. The van der Waals surface area contributed by atoms with Crippen molar-refractivity contribution >= 4 is 5.91 Å². The van der Waals surface area contributed by atoms with Gasteiger partial charge in [-0.25, -0.2) is 18.9 Å². The molecule has 198 valence electrons. The van der Waals surface area contributed by atoms with Crippen molar-refractivity contribution in [2.45, 2.75) is 44.1 Å². The molecule has 0 aromatic heterocycles. The Balaban J connectivity index is 5.06. The molecule has 1 N–H and O–H groups in total. The fourth-order valence-electron chi connectivity index (χ4n) is 1.53. The fourth-order valence-corrected chi connectivity index (χ4v) is 1.53. The van der Waals surface area contributed by atoms with Crippen LogP contribution in [0.25, 0.3) is 0 Å². The smallest absolute Gasteiger partial charge is 0.348 e. The molecule has 21 heteroatoms. The molecule has 1 amide bonds. The highest BCUT2D eigenvalue weighted by Crippen LogP contribution is 2.40. The minimum atomic E-state index is -6.54. The van der Waals surface area contributed by atoms with Crippen molar-refractivity contribution in [2.24, 2.45) is 0 Å². The number of hydrogen-bond acceptors (Lipinski definition) is 7. The summed E-state index contributed by atoms with van der Waals surface area (Å²) in [5, 5.41) is 1.37. The van der Waals surface area contributed by atoms with Gasteiger partial charge in [-0.2, -0.15) is 13.5 Å². The summed E-state index contributed by atoms with van der Waals surface area (Å²) in [5.74, 6) is -2.61. The first-order chi connectivity index (χ1) is 14.4. The van der Waals surface area contributed by atoms with Crippen LogP contribution in [0.4, 0.5) is 57.1 Å². The molecule has 0 aliphatic heterocycles. The molecular weight excluding hydrogens is 515 g/mol. The summed E-state index contributed by atoms with van der Waals surface area (Å²) in [6, 6.07) is 0. The predicted molar refractivity (Wildman–Crippen MR) is 72.4 cm³/mol. The molecule has 0 saturated carbocycles. The third-order valence-corrected chi connectivity index (χ3v) is 2.53. The monoisotopic (exact) mass is 528 g/mol. The van der Waals surface area contributed by atoms with Gasteiger partial charge in [-0.05, 0) is 27.1 Å². The van der Waals surface area contributed by atoms with E-state index in [0.29, 0.717) is 0 Å². The summed E-state index contributed by atoms with van der Waals surface area (Å²) in [6.07, 6.45) is -37.7. The van der Waals surface area contributed by atoms with Gasteiger partial charge in [0.05, 0.1) is 0 Å². The van der Waals surface area contributed by atoms with Crippen LogP contribution in [-0.4, -0.2) is 75.6 Å². The van der Waals surface area contributed by atoms with Crippen LogP contribution in [0.15, 0.2) is 0 Å². The number of nitrogens with one attached hydrogen (secondary N) is 1. The molecule has 0 aliphatic rings. The maximum atomic E-state index is 13.3. The van der Waals surface area contributed by atoms with E-state index < -0.39 is 50.1 Å². The molecule has 33 heavy (non-hydrogen) atoms. The van der Waals surface area contributed by atoms with Gasteiger partial charge in [-0.1, -0.05) is 0 Å². The second-order valence-corrected chi connectivity index (χ2v) is 5.74. The van der Waals surface area contributed by atoms with E-state index in [1.807, 2.05) is 9.47 Å². The Morgan fingerprint density at radius 2 is 1.03 bits per heavy atom. The molecule has 0 heterocycles. The summed E-state index contributed by atoms with van der Waals surface area (Å²) in [5.41, 5.74) is 0. The molecule has 0 spiro atoms. The molecule has 0 aromatic carbocycles. The zero-order valence-corrected chi connectivity index (χ0v) is 15.9. The lowest BCUT2D eigenvalue weighted by Crippen LogP contribution is -2.50. The van der Waals surface area contributed by atoms with Gasteiger partial charge in [0, 0.05) is 6.54 Å². The second-order valence-electron chi connectivity index (χ2n) is 5.74. The molecule has 0 aromatic rings. The van der Waals surface area contributed by atoms with E-state index in [4.69, 9.17) is 0 Å². The molecule has 0 radical (unpaired) electrons. The molecule has 0 rings (SSSR count). The molecule has 0 aliphatic carbocycles. The van der Waals surface area contributed by atoms with Crippen molar-refractivity contribution in [3.05, 3.63) is 0 Å². The Morgan fingerprint density at radius 3 is 1.39 bits per heavy atom. The van der Waals surface area contributed by atoms with Gasteiger partial charge < -0.3 is 10.2 Å². The van der Waals surface area contributed by atoms with Crippen LogP contribution in [0.5, 0.6) is 0 Å². The van der Waals surface area contributed by atoms with Crippen LogP contribution in [0.1, 0.15) is 6.42 Å².